The second-order valence-corrected chi connectivity index (χ2v) is 8.55. The summed E-state index contributed by atoms with van der Waals surface area (Å²) in [5.41, 5.74) is 2.26. The number of hydrogen-bond donors (Lipinski definition) is 2. The van der Waals surface area contributed by atoms with E-state index in [9.17, 15) is 9.59 Å². The van der Waals surface area contributed by atoms with Crippen LogP contribution in [0.3, 0.4) is 0 Å². The fourth-order valence-corrected chi connectivity index (χ4v) is 4.82. The van der Waals surface area contributed by atoms with E-state index in [0.29, 0.717) is 21.6 Å². The molecule has 148 valence electrons. The molecule has 28 heavy (non-hydrogen) atoms. The summed E-state index contributed by atoms with van der Waals surface area (Å²) < 4.78 is 4.98. The number of halogens is 1. The molecule has 0 spiro atoms. The van der Waals surface area contributed by atoms with Crippen LogP contribution in [0, 0.1) is 0 Å². The number of ether oxygens (including phenoxy) is 1. The van der Waals surface area contributed by atoms with Crippen LogP contribution >= 0.6 is 22.9 Å². The van der Waals surface area contributed by atoms with Crippen molar-refractivity contribution in [3.8, 4) is 0 Å². The average molecular weight is 420 g/mol. The topological polar surface area (TPSA) is 59.8 Å². The van der Waals surface area contributed by atoms with Crippen LogP contribution in [-0.2, 0) is 22.5 Å². The van der Waals surface area contributed by atoms with Crippen LogP contribution in [0.2, 0.25) is 5.02 Å². The monoisotopic (exact) mass is 419 g/mol. The van der Waals surface area contributed by atoms with E-state index in [-0.39, 0.29) is 5.91 Å². The lowest BCUT2D eigenvalue weighted by atomic mass is 10.0. The number of amides is 1. The number of carbonyl (C=O) groups is 2. The summed E-state index contributed by atoms with van der Waals surface area (Å²) in [6.07, 6.45) is 3.88. The Hall–Kier alpha value is -2.15. The van der Waals surface area contributed by atoms with Crippen LogP contribution < -0.4 is 10.2 Å². The third-order valence-electron chi connectivity index (χ3n) is 4.94. The van der Waals surface area contributed by atoms with Gasteiger partial charge in [-0.25, -0.2) is 4.79 Å². The molecule has 0 bridgehead atoms. The summed E-state index contributed by atoms with van der Waals surface area (Å²) in [7, 11) is 1.36. The fraction of sp³-hybridized carbons (Fsp3) is 0.333. The molecule has 1 aliphatic rings. The van der Waals surface area contributed by atoms with E-state index in [0.717, 1.165) is 35.5 Å². The van der Waals surface area contributed by atoms with Crippen molar-refractivity contribution in [3.63, 3.8) is 0 Å². The van der Waals surface area contributed by atoms with E-state index < -0.39 is 5.97 Å². The van der Waals surface area contributed by atoms with Gasteiger partial charge in [-0.1, -0.05) is 29.8 Å². The standard InChI is InChI=1S/C21H23ClN2O3S/c1-13(2)24-11-10-15-17(12-24)28-20(19(15)21(26)27-3)23-18(25)9-8-14-6-4-5-7-16(14)22/h4-9,13H,10-12H2,1-3H3,(H,23,25)/p+1/b9-8-. The van der Waals surface area contributed by atoms with Gasteiger partial charge in [0.05, 0.1) is 30.1 Å². The van der Waals surface area contributed by atoms with Gasteiger partial charge in [0, 0.05) is 17.5 Å². The van der Waals surface area contributed by atoms with E-state index in [1.165, 1.54) is 29.4 Å². The minimum Gasteiger partial charge on any atom is -0.465 e. The quantitative estimate of drug-likeness (QED) is 0.578. The number of benzene rings is 1. The predicted octanol–water partition coefficient (Wildman–Crippen LogP) is 3.19. The Kier molecular flexibility index (Phi) is 6.54. The molecule has 7 heteroatoms. The first-order valence-electron chi connectivity index (χ1n) is 9.21. The molecule has 2 aromatic rings. The van der Waals surface area contributed by atoms with E-state index in [4.69, 9.17) is 16.3 Å². The second-order valence-electron chi connectivity index (χ2n) is 7.03. The maximum absolute atomic E-state index is 12.5. The molecule has 0 saturated carbocycles. The molecule has 0 saturated heterocycles. The highest BCUT2D eigenvalue weighted by Gasteiger charge is 2.31. The Morgan fingerprint density at radius 2 is 2.07 bits per heavy atom. The van der Waals surface area contributed by atoms with Crippen molar-refractivity contribution in [1.82, 2.24) is 0 Å². The van der Waals surface area contributed by atoms with Crippen LogP contribution in [0.4, 0.5) is 5.00 Å². The summed E-state index contributed by atoms with van der Waals surface area (Å²) in [4.78, 5) is 27.4. The lowest BCUT2D eigenvalue weighted by Crippen LogP contribution is -3.14. The Balaban J connectivity index is 1.84. The molecule has 5 nitrogen and oxygen atoms in total. The Morgan fingerprint density at radius 1 is 1.32 bits per heavy atom. The molecule has 1 atom stereocenters. The molecule has 0 fully saturated rings. The smallest absolute Gasteiger partial charge is 0.341 e. The van der Waals surface area contributed by atoms with Crippen LogP contribution in [0.5, 0.6) is 0 Å². The normalized spacial score (nSPS) is 16.2. The highest BCUT2D eigenvalue weighted by molar-refractivity contribution is 7.17. The number of esters is 1. The zero-order valence-corrected chi connectivity index (χ0v) is 17.7. The van der Waals surface area contributed by atoms with Crippen LogP contribution in [0.25, 0.3) is 6.08 Å². The molecule has 1 aromatic carbocycles. The summed E-state index contributed by atoms with van der Waals surface area (Å²) in [6, 6.07) is 7.80. The van der Waals surface area contributed by atoms with Crippen molar-refractivity contribution in [2.45, 2.75) is 32.9 Å². The lowest BCUT2D eigenvalue weighted by Gasteiger charge is -2.27. The molecular weight excluding hydrogens is 396 g/mol. The summed E-state index contributed by atoms with van der Waals surface area (Å²) in [5, 5.41) is 3.98. The summed E-state index contributed by atoms with van der Waals surface area (Å²) in [5.74, 6) is -0.715. The summed E-state index contributed by atoms with van der Waals surface area (Å²) >= 11 is 7.58. The van der Waals surface area contributed by atoms with Gasteiger partial charge in [-0.15, -0.1) is 11.3 Å². The molecule has 1 aromatic heterocycles. The number of fused-ring (bicyclic) bond motifs is 1. The van der Waals surface area contributed by atoms with Crippen LogP contribution in [0.1, 0.15) is 40.2 Å². The number of nitrogens with one attached hydrogen (secondary N) is 2. The van der Waals surface area contributed by atoms with Crippen molar-refractivity contribution in [3.05, 3.63) is 56.9 Å². The second kappa shape index (κ2) is 8.90. The minimum absolute atomic E-state index is 0.309. The van der Waals surface area contributed by atoms with Crippen molar-refractivity contribution in [1.29, 1.82) is 0 Å². The maximum atomic E-state index is 12.5. The third-order valence-corrected chi connectivity index (χ3v) is 6.43. The number of quaternary nitrogens is 1. The number of carbonyl (C=O) groups excluding carboxylic acids is 2. The SMILES string of the molecule is COC(=O)c1c(NC(=O)/C=C\c2ccccc2Cl)sc2c1CC[NH+](C(C)C)C2. The molecule has 2 heterocycles. The van der Waals surface area contributed by atoms with Gasteiger partial charge in [0.25, 0.3) is 0 Å². The van der Waals surface area contributed by atoms with E-state index in [2.05, 4.69) is 19.2 Å². The molecule has 0 radical (unpaired) electrons. The van der Waals surface area contributed by atoms with Gasteiger partial charge in [0.1, 0.15) is 11.5 Å². The number of hydrogen-bond acceptors (Lipinski definition) is 4. The highest BCUT2D eigenvalue weighted by atomic mass is 35.5. The zero-order chi connectivity index (χ0) is 20.3. The number of thiophene rings is 1. The van der Waals surface area contributed by atoms with Crippen molar-refractivity contribution in [2.75, 3.05) is 19.0 Å². The van der Waals surface area contributed by atoms with Crippen molar-refractivity contribution < 1.29 is 19.2 Å². The van der Waals surface area contributed by atoms with Crippen LogP contribution in [0.15, 0.2) is 30.3 Å². The Labute approximate surface area is 173 Å². The van der Waals surface area contributed by atoms with E-state index in [1.54, 1.807) is 12.1 Å². The van der Waals surface area contributed by atoms with Gasteiger partial charge >= 0.3 is 5.97 Å². The number of rotatable bonds is 5. The predicted molar refractivity (Wildman–Crippen MR) is 113 cm³/mol. The Morgan fingerprint density at radius 3 is 2.75 bits per heavy atom. The molecule has 3 rings (SSSR count). The molecule has 2 N–H and O–H groups in total. The van der Waals surface area contributed by atoms with Gasteiger partial charge in [-0.2, -0.15) is 0 Å². The maximum Gasteiger partial charge on any atom is 0.341 e. The number of methoxy groups -OCH3 is 1. The van der Waals surface area contributed by atoms with Gasteiger partial charge < -0.3 is 15.0 Å². The van der Waals surface area contributed by atoms with Crippen LogP contribution in [-0.4, -0.2) is 31.6 Å². The van der Waals surface area contributed by atoms with Gasteiger partial charge in [-0.3, -0.25) is 4.79 Å². The first-order chi connectivity index (χ1) is 13.4. The summed E-state index contributed by atoms with van der Waals surface area (Å²) in [6.45, 7) is 6.20. The van der Waals surface area contributed by atoms with Crippen molar-refractivity contribution >= 4 is 45.9 Å². The lowest BCUT2D eigenvalue weighted by molar-refractivity contribution is -0.936. The van der Waals surface area contributed by atoms with E-state index in [1.807, 2.05) is 18.2 Å². The van der Waals surface area contributed by atoms with Gasteiger partial charge in [-0.05, 0) is 37.1 Å². The Bertz CT molecular complexity index is 920. The fourth-order valence-electron chi connectivity index (χ4n) is 3.33. The minimum atomic E-state index is -0.407. The van der Waals surface area contributed by atoms with Gasteiger partial charge in [0.15, 0.2) is 0 Å². The third kappa shape index (κ3) is 4.46. The largest absolute Gasteiger partial charge is 0.465 e. The average Bonchev–Trinajstić information content (AvgIpc) is 3.03. The molecule has 1 unspecified atom stereocenters. The first-order valence-corrected chi connectivity index (χ1v) is 10.4. The molecule has 1 aliphatic heterocycles. The molecular formula is C21H24ClN2O3S+. The first kappa shape index (κ1) is 20.6. The highest BCUT2D eigenvalue weighted by Crippen LogP contribution is 2.35. The van der Waals surface area contributed by atoms with Gasteiger partial charge in [0.2, 0.25) is 5.91 Å². The van der Waals surface area contributed by atoms with Crippen molar-refractivity contribution in [2.24, 2.45) is 0 Å². The zero-order valence-electron chi connectivity index (χ0n) is 16.2. The molecule has 0 aliphatic carbocycles. The number of anilines is 1. The molecule has 1 amide bonds. The van der Waals surface area contributed by atoms with E-state index >= 15 is 0 Å².